The first-order chi connectivity index (χ1) is 8.81. The first-order valence-electron chi connectivity index (χ1n) is 6.41. The van der Waals surface area contributed by atoms with Crippen LogP contribution in [0.1, 0.15) is 39.3 Å². The summed E-state index contributed by atoms with van der Waals surface area (Å²) in [7, 11) is 0. The van der Waals surface area contributed by atoms with Gasteiger partial charge in [-0.1, -0.05) is 0 Å². The molecule has 0 saturated heterocycles. The molecule has 1 amide bonds. The monoisotopic (exact) mass is 271 g/mol. The lowest BCUT2D eigenvalue weighted by molar-refractivity contribution is -0.710. The van der Waals surface area contributed by atoms with Gasteiger partial charge in [0.05, 0.1) is 0 Å². The van der Waals surface area contributed by atoms with E-state index in [-0.39, 0.29) is 24.0 Å². The molecule has 0 heterocycles. The van der Waals surface area contributed by atoms with Gasteiger partial charge in [-0.2, -0.15) is 0 Å². The minimum Gasteiger partial charge on any atom is -0.349 e. The summed E-state index contributed by atoms with van der Waals surface area (Å²) in [5.41, 5.74) is 0.656. The molecule has 1 rings (SSSR count). The fraction of sp³-hybridized carbons (Fsp3) is 0.500. The van der Waals surface area contributed by atoms with E-state index >= 15 is 0 Å². The Morgan fingerprint density at radius 3 is 2.32 bits per heavy atom. The van der Waals surface area contributed by atoms with Crippen molar-refractivity contribution in [3.8, 4) is 0 Å². The van der Waals surface area contributed by atoms with Crippen LogP contribution >= 0.6 is 0 Å². The third kappa shape index (κ3) is 4.59. The van der Waals surface area contributed by atoms with Crippen molar-refractivity contribution in [2.24, 2.45) is 0 Å². The standard InChI is InChI=1S/C14H20F2N2O/c1-8(2)17-14(19)10(4)18-9(3)11-5-6-12(15)13(16)7-11/h5-10,18H,1-4H3,(H,17,19)/p+1/t9-,10-/m0/s1. The maximum absolute atomic E-state index is 13.1. The predicted molar refractivity (Wildman–Crippen MR) is 69.4 cm³/mol. The molecule has 0 aliphatic heterocycles. The average Bonchev–Trinajstić information content (AvgIpc) is 2.31. The van der Waals surface area contributed by atoms with Gasteiger partial charge >= 0.3 is 0 Å². The van der Waals surface area contributed by atoms with Gasteiger partial charge < -0.3 is 10.6 Å². The van der Waals surface area contributed by atoms with E-state index in [1.54, 1.807) is 6.92 Å². The Labute approximate surface area is 112 Å². The van der Waals surface area contributed by atoms with Gasteiger partial charge in [-0.25, -0.2) is 8.78 Å². The number of hydrogen-bond acceptors (Lipinski definition) is 1. The molecule has 19 heavy (non-hydrogen) atoms. The predicted octanol–water partition coefficient (Wildman–Crippen LogP) is 1.50. The third-order valence-corrected chi connectivity index (χ3v) is 2.89. The number of amides is 1. The van der Waals surface area contributed by atoms with Crippen molar-refractivity contribution in [1.82, 2.24) is 5.32 Å². The van der Waals surface area contributed by atoms with Crippen LogP contribution in [0, 0.1) is 11.6 Å². The van der Waals surface area contributed by atoms with Crippen molar-refractivity contribution in [3.63, 3.8) is 0 Å². The summed E-state index contributed by atoms with van der Waals surface area (Å²) in [5, 5.41) is 4.64. The second kappa shape index (κ2) is 6.61. The molecule has 0 unspecified atom stereocenters. The number of nitrogens with one attached hydrogen (secondary N) is 1. The fourth-order valence-electron chi connectivity index (χ4n) is 1.84. The van der Waals surface area contributed by atoms with Gasteiger partial charge in [0.1, 0.15) is 6.04 Å². The first kappa shape index (κ1) is 15.6. The van der Waals surface area contributed by atoms with Crippen molar-refractivity contribution >= 4 is 5.91 Å². The van der Waals surface area contributed by atoms with Gasteiger partial charge in [-0.05, 0) is 45.9 Å². The highest BCUT2D eigenvalue weighted by atomic mass is 19.2. The highest BCUT2D eigenvalue weighted by Gasteiger charge is 2.21. The van der Waals surface area contributed by atoms with E-state index < -0.39 is 11.6 Å². The molecule has 0 saturated carbocycles. The number of rotatable bonds is 5. The van der Waals surface area contributed by atoms with E-state index in [0.717, 1.165) is 6.07 Å². The molecule has 5 heteroatoms. The molecule has 1 aromatic rings. The van der Waals surface area contributed by atoms with Gasteiger partial charge in [0.25, 0.3) is 5.91 Å². The summed E-state index contributed by atoms with van der Waals surface area (Å²) < 4.78 is 26.0. The lowest BCUT2D eigenvalue weighted by Crippen LogP contribution is -2.92. The minimum atomic E-state index is -0.864. The van der Waals surface area contributed by atoms with Gasteiger partial charge in [0, 0.05) is 11.6 Å². The molecule has 0 fully saturated rings. The van der Waals surface area contributed by atoms with Gasteiger partial charge in [0.15, 0.2) is 17.7 Å². The Kier molecular flexibility index (Phi) is 5.42. The Balaban J connectivity index is 2.65. The van der Waals surface area contributed by atoms with Crippen molar-refractivity contribution in [1.29, 1.82) is 0 Å². The number of quaternary nitrogens is 1. The van der Waals surface area contributed by atoms with Crippen LogP contribution < -0.4 is 10.6 Å². The van der Waals surface area contributed by atoms with Crippen molar-refractivity contribution in [3.05, 3.63) is 35.4 Å². The molecule has 106 valence electrons. The zero-order valence-corrected chi connectivity index (χ0v) is 11.7. The minimum absolute atomic E-state index is 0.0653. The number of halogens is 2. The van der Waals surface area contributed by atoms with Crippen LogP contribution in [0.5, 0.6) is 0 Å². The Hall–Kier alpha value is -1.49. The van der Waals surface area contributed by atoms with Crippen molar-refractivity contribution in [2.45, 2.75) is 45.8 Å². The molecule has 0 radical (unpaired) electrons. The molecule has 3 N–H and O–H groups in total. The van der Waals surface area contributed by atoms with Crippen molar-refractivity contribution in [2.75, 3.05) is 0 Å². The SMILES string of the molecule is CC(C)NC(=O)[C@H](C)[NH2+][C@@H](C)c1ccc(F)c(F)c1. The van der Waals surface area contributed by atoms with E-state index in [2.05, 4.69) is 5.32 Å². The molecule has 0 aromatic heterocycles. The highest BCUT2D eigenvalue weighted by Crippen LogP contribution is 2.13. The maximum Gasteiger partial charge on any atom is 0.278 e. The van der Waals surface area contributed by atoms with Crippen LogP contribution in [0.4, 0.5) is 8.78 Å². The Morgan fingerprint density at radius 2 is 1.79 bits per heavy atom. The number of hydrogen-bond donors (Lipinski definition) is 2. The molecule has 2 atom stereocenters. The second-order valence-corrected chi connectivity index (χ2v) is 5.11. The van der Waals surface area contributed by atoms with Crippen LogP contribution in [0.15, 0.2) is 18.2 Å². The largest absolute Gasteiger partial charge is 0.349 e. The lowest BCUT2D eigenvalue weighted by atomic mass is 10.1. The van der Waals surface area contributed by atoms with Crippen LogP contribution in [0.2, 0.25) is 0 Å². The van der Waals surface area contributed by atoms with Gasteiger partial charge in [-0.3, -0.25) is 4.79 Å². The highest BCUT2D eigenvalue weighted by molar-refractivity contribution is 5.80. The summed E-state index contributed by atoms with van der Waals surface area (Å²) in [6.45, 7) is 7.42. The molecule has 1 aromatic carbocycles. The zero-order chi connectivity index (χ0) is 14.6. The molecular weight excluding hydrogens is 250 g/mol. The number of nitrogens with two attached hydrogens (primary N) is 1. The fourth-order valence-corrected chi connectivity index (χ4v) is 1.84. The summed E-state index contributed by atoms with van der Waals surface area (Å²) in [6, 6.07) is 3.49. The van der Waals surface area contributed by atoms with E-state index in [1.165, 1.54) is 12.1 Å². The third-order valence-electron chi connectivity index (χ3n) is 2.89. The average molecular weight is 271 g/mol. The van der Waals surface area contributed by atoms with Gasteiger partial charge in [-0.15, -0.1) is 0 Å². The van der Waals surface area contributed by atoms with Crippen LogP contribution in [0.3, 0.4) is 0 Å². The molecule has 3 nitrogen and oxygen atoms in total. The van der Waals surface area contributed by atoms with Crippen LogP contribution in [-0.4, -0.2) is 18.0 Å². The van der Waals surface area contributed by atoms with Crippen molar-refractivity contribution < 1.29 is 18.9 Å². The van der Waals surface area contributed by atoms with E-state index in [0.29, 0.717) is 5.56 Å². The van der Waals surface area contributed by atoms with Crippen LogP contribution in [-0.2, 0) is 4.79 Å². The lowest BCUT2D eigenvalue weighted by Gasteiger charge is -2.18. The Bertz CT molecular complexity index is 449. The van der Waals surface area contributed by atoms with E-state index in [1.807, 2.05) is 26.1 Å². The molecule has 0 spiro atoms. The molecular formula is C14H21F2N2O+. The second-order valence-electron chi connectivity index (χ2n) is 5.11. The molecule has 0 bridgehead atoms. The van der Waals surface area contributed by atoms with Gasteiger partial charge in [0.2, 0.25) is 0 Å². The zero-order valence-electron chi connectivity index (χ0n) is 11.7. The summed E-state index contributed by atoms with van der Waals surface area (Å²) in [5.74, 6) is -1.79. The van der Waals surface area contributed by atoms with E-state index in [9.17, 15) is 13.6 Å². The number of carbonyl (C=O) groups is 1. The smallest absolute Gasteiger partial charge is 0.278 e. The molecule has 0 aliphatic rings. The van der Waals surface area contributed by atoms with Crippen LogP contribution in [0.25, 0.3) is 0 Å². The number of carbonyl (C=O) groups excluding carboxylic acids is 1. The van der Waals surface area contributed by atoms with E-state index in [4.69, 9.17) is 0 Å². The Morgan fingerprint density at radius 1 is 1.16 bits per heavy atom. The normalized spacial score (nSPS) is 14.3. The quantitative estimate of drug-likeness (QED) is 0.837. The topological polar surface area (TPSA) is 45.7 Å². The summed E-state index contributed by atoms with van der Waals surface area (Å²) in [4.78, 5) is 11.8. The maximum atomic E-state index is 13.1. The summed E-state index contributed by atoms with van der Waals surface area (Å²) in [6.07, 6.45) is 0. The number of benzene rings is 1. The first-order valence-corrected chi connectivity index (χ1v) is 6.41. The molecule has 0 aliphatic carbocycles. The summed E-state index contributed by atoms with van der Waals surface area (Å²) >= 11 is 0.